The van der Waals surface area contributed by atoms with Crippen LogP contribution in [-0.4, -0.2) is 39.2 Å². The molecule has 1 N–H and O–H groups in total. The SMILES string of the molecule is O=Cc1nc(N2CCC(Cc3ccccc3)CC2)n(-c2cc(Cl)c(O)c(Cl)c2)n1. The minimum atomic E-state index is -0.184. The lowest BCUT2D eigenvalue weighted by atomic mass is 9.90. The number of rotatable bonds is 5. The maximum absolute atomic E-state index is 11.3. The second kappa shape index (κ2) is 8.43. The van der Waals surface area contributed by atoms with E-state index in [1.165, 1.54) is 5.56 Å². The molecule has 1 aromatic heterocycles. The fourth-order valence-electron chi connectivity index (χ4n) is 3.71. The van der Waals surface area contributed by atoms with Gasteiger partial charge in [0, 0.05) is 13.1 Å². The molecule has 1 fully saturated rings. The number of aromatic nitrogens is 3. The molecule has 0 saturated carbocycles. The lowest BCUT2D eigenvalue weighted by molar-refractivity contribution is 0.111. The molecule has 0 aliphatic carbocycles. The standard InChI is InChI=1S/C21H20Cl2N4O2/c22-17-11-16(12-18(23)20(17)29)27-21(24-19(13-28)25-27)26-8-6-15(7-9-26)10-14-4-2-1-3-5-14/h1-5,11-13,15,29H,6-10H2. The highest BCUT2D eigenvalue weighted by molar-refractivity contribution is 6.37. The molecular weight excluding hydrogens is 411 g/mol. The molecular formula is C21H20Cl2N4O2. The van der Waals surface area contributed by atoms with Crippen molar-refractivity contribution in [2.45, 2.75) is 19.3 Å². The van der Waals surface area contributed by atoms with Crippen molar-refractivity contribution in [3.05, 3.63) is 63.9 Å². The number of nitrogens with zero attached hydrogens (tertiary/aromatic N) is 4. The quantitative estimate of drug-likeness (QED) is 0.601. The van der Waals surface area contributed by atoms with E-state index in [9.17, 15) is 9.90 Å². The first-order chi connectivity index (χ1) is 14.0. The smallest absolute Gasteiger partial charge is 0.229 e. The summed E-state index contributed by atoms with van der Waals surface area (Å²) in [6.45, 7) is 1.63. The van der Waals surface area contributed by atoms with Gasteiger partial charge in [0.15, 0.2) is 12.0 Å². The number of benzene rings is 2. The van der Waals surface area contributed by atoms with E-state index < -0.39 is 0 Å². The van der Waals surface area contributed by atoms with Crippen molar-refractivity contribution in [1.82, 2.24) is 14.8 Å². The zero-order chi connectivity index (χ0) is 20.4. The average molecular weight is 431 g/mol. The van der Waals surface area contributed by atoms with Crippen LogP contribution in [0.25, 0.3) is 5.69 Å². The molecule has 0 spiro atoms. The highest BCUT2D eigenvalue weighted by Gasteiger charge is 2.25. The first kappa shape index (κ1) is 19.7. The first-order valence-electron chi connectivity index (χ1n) is 9.44. The van der Waals surface area contributed by atoms with Crippen molar-refractivity contribution in [1.29, 1.82) is 0 Å². The summed E-state index contributed by atoms with van der Waals surface area (Å²) in [6, 6.07) is 13.6. The van der Waals surface area contributed by atoms with Gasteiger partial charge >= 0.3 is 0 Å². The molecule has 0 radical (unpaired) electrons. The molecule has 0 bridgehead atoms. The highest BCUT2D eigenvalue weighted by atomic mass is 35.5. The highest BCUT2D eigenvalue weighted by Crippen LogP contribution is 2.35. The van der Waals surface area contributed by atoms with Crippen LogP contribution in [0.5, 0.6) is 5.75 Å². The number of phenols is 1. The fraction of sp³-hybridized carbons (Fsp3) is 0.286. The van der Waals surface area contributed by atoms with Crippen molar-refractivity contribution < 1.29 is 9.90 Å². The van der Waals surface area contributed by atoms with E-state index >= 15 is 0 Å². The van der Waals surface area contributed by atoms with E-state index in [-0.39, 0.29) is 21.6 Å². The number of aromatic hydroxyl groups is 1. The molecule has 1 saturated heterocycles. The van der Waals surface area contributed by atoms with Gasteiger partial charge in [-0.3, -0.25) is 4.79 Å². The van der Waals surface area contributed by atoms with Gasteiger partial charge < -0.3 is 10.0 Å². The van der Waals surface area contributed by atoms with Gasteiger partial charge in [-0.25, -0.2) is 0 Å². The van der Waals surface area contributed by atoms with E-state index in [0.29, 0.717) is 23.8 Å². The Labute approximate surface area is 178 Å². The van der Waals surface area contributed by atoms with Gasteiger partial charge in [-0.2, -0.15) is 9.67 Å². The number of hydrogen-bond acceptors (Lipinski definition) is 5. The third-order valence-electron chi connectivity index (χ3n) is 5.22. The molecule has 0 amide bonds. The molecule has 2 aromatic carbocycles. The Bertz CT molecular complexity index is 992. The van der Waals surface area contributed by atoms with E-state index in [1.807, 2.05) is 6.07 Å². The summed E-state index contributed by atoms with van der Waals surface area (Å²) in [7, 11) is 0. The van der Waals surface area contributed by atoms with Crippen molar-refractivity contribution >= 4 is 35.4 Å². The van der Waals surface area contributed by atoms with Gasteiger partial charge in [0.05, 0.1) is 15.7 Å². The normalized spacial score (nSPS) is 14.9. The number of aldehydes is 1. The van der Waals surface area contributed by atoms with E-state index in [2.05, 4.69) is 39.2 Å². The van der Waals surface area contributed by atoms with Crippen molar-refractivity contribution in [3.8, 4) is 11.4 Å². The van der Waals surface area contributed by atoms with Crippen LogP contribution in [0.2, 0.25) is 10.0 Å². The lowest BCUT2D eigenvalue weighted by Gasteiger charge is -2.32. The van der Waals surface area contributed by atoms with Crippen LogP contribution < -0.4 is 4.90 Å². The molecule has 6 nitrogen and oxygen atoms in total. The summed E-state index contributed by atoms with van der Waals surface area (Å²) in [6.07, 6.45) is 3.72. The van der Waals surface area contributed by atoms with E-state index in [1.54, 1.807) is 16.8 Å². The van der Waals surface area contributed by atoms with E-state index in [0.717, 1.165) is 32.4 Å². The number of piperidine rings is 1. The lowest BCUT2D eigenvalue weighted by Crippen LogP contribution is -2.36. The Hall–Kier alpha value is -2.57. The largest absolute Gasteiger partial charge is 0.505 e. The van der Waals surface area contributed by atoms with Crippen LogP contribution in [0, 0.1) is 5.92 Å². The summed E-state index contributed by atoms with van der Waals surface area (Å²) in [5, 5.41) is 14.3. The Morgan fingerprint density at radius 3 is 2.38 bits per heavy atom. The van der Waals surface area contributed by atoms with Crippen molar-refractivity contribution in [2.75, 3.05) is 18.0 Å². The summed E-state index contributed by atoms with van der Waals surface area (Å²) >= 11 is 12.1. The number of halogens is 2. The molecule has 1 aliphatic heterocycles. The summed E-state index contributed by atoms with van der Waals surface area (Å²) in [4.78, 5) is 17.8. The van der Waals surface area contributed by atoms with Crippen LogP contribution in [-0.2, 0) is 6.42 Å². The minimum absolute atomic E-state index is 0.0896. The second-order valence-electron chi connectivity index (χ2n) is 7.18. The molecule has 1 aliphatic rings. The van der Waals surface area contributed by atoms with Crippen molar-refractivity contribution in [2.24, 2.45) is 5.92 Å². The number of phenolic OH excluding ortho intramolecular Hbond substituents is 1. The third-order valence-corrected chi connectivity index (χ3v) is 5.80. The van der Waals surface area contributed by atoms with Crippen LogP contribution in [0.3, 0.4) is 0 Å². The monoisotopic (exact) mass is 430 g/mol. The van der Waals surface area contributed by atoms with Crippen LogP contribution in [0.1, 0.15) is 29.0 Å². The van der Waals surface area contributed by atoms with Gasteiger partial charge in [0.25, 0.3) is 0 Å². The summed E-state index contributed by atoms with van der Waals surface area (Å²) < 4.78 is 1.55. The Kier molecular flexibility index (Phi) is 5.74. The molecule has 3 aromatic rings. The summed E-state index contributed by atoms with van der Waals surface area (Å²) in [5.41, 5.74) is 1.89. The van der Waals surface area contributed by atoms with E-state index in [4.69, 9.17) is 23.2 Å². The Balaban J connectivity index is 1.55. The minimum Gasteiger partial charge on any atom is -0.505 e. The molecule has 0 atom stereocenters. The first-order valence-corrected chi connectivity index (χ1v) is 10.2. The maximum atomic E-state index is 11.3. The van der Waals surface area contributed by atoms with Crippen LogP contribution in [0.15, 0.2) is 42.5 Å². The maximum Gasteiger partial charge on any atom is 0.229 e. The van der Waals surface area contributed by atoms with Gasteiger partial charge in [-0.15, -0.1) is 5.10 Å². The predicted molar refractivity (Wildman–Crippen MR) is 114 cm³/mol. The molecule has 0 unspecified atom stereocenters. The number of carbonyl (C=O) groups excluding carboxylic acids is 1. The zero-order valence-electron chi connectivity index (χ0n) is 15.6. The molecule has 2 heterocycles. The number of carbonyl (C=O) groups is 1. The summed E-state index contributed by atoms with van der Waals surface area (Å²) in [5.74, 6) is 1.08. The number of anilines is 1. The fourth-order valence-corrected chi connectivity index (χ4v) is 4.18. The van der Waals surface area contributed by atoms with Crippen LogP contribution >= 0.6 is 23.2 Å². The Morgan fingerprint density at radius 2 is 1.76 bits per heavy atom. The molecule has 29 heavy (non-hydrogen) atoms. The van der Waals surface area contributed by atoms with Crippen molar-refractivity contribution in [3.63, 3.8) is 0 Å². The predicted octanol–water partition coefficient (Wildman–Crippen LogP) is 4.55. The second-order valence-corrected chi connectivity index (χ2v) is 7.99. The van der Waals surface area contributed by atoms with Gasteiger partial charge in [0.1, 0.15) is 0 Å². The molecule has 4 rings (SSSR count). The molecule has 8 heteroatoms. The van der Waals surface area contributed by atoms with Crippen LogP contribution in [0.4, 0.5) is 5.95 Å². The number of hydrogen-bond donors (Lipinski definition) is 1. The Morgan fingerprint density at radius 1 is 1.10 bits per heavy atom. The molecule has 150 valence electrons. The van der Waals surface area contributed by atoms with Gasteiger partial charge in [0.2, 0.25) is 11.8 Å². The van der Waals surface area contributed by atoms with Gasteiger partial charge in [-0.1, -0.05) is 53.5 Å². The third kappa shape index (κ3) is 4.23. The van der Waals surface area contributed by atoms with Gasteiger partial charge in [-0.05, 0) is 42.9 Å². The average Bonchev–Trinajstić information content (AvgIpc) is 3.17. The zero-order valence-corrected chi connectivity index (χ0v) is 17.1. The topological polar surface area (TPSA) is 71.2 Å².